The Balaban J connectivity index is 1.69. The molecule has 0 aliphatic heterocycles. The van der Waals surface area contributed by atoms with Crippen LogP contribution in [0, 0.1) is 11.8 Å². The van der Waals surface area contributed by atoms with Gasteiger partial charge in [-0.15, -0.1) is 0 Å². The summed E-state index contributed by atoms with van der Waals surface area (Å²) in [5.74, 6) is -1.87. The van der Waals surface area contributed by atoms with E-state index >= 15 is 0 Å². The van der Waals surface area contributed by atoms with Crippen LogP contribution in [0.2, 0.25) is 0 Å². The number of aliphatic hydroxyl groups excluding tert-OH is 1. The lowest BCUT2D eigenvalue weighted by Gasteiger charge is -2.46. The smallest absolute Gasteiger partial charge is 0.203 e. The molecule has 1 saturated carbocycles. The van der Waals surface area contributed by atoms with Gasteiger partial charge in [0.2, 0.25) is 17.3 Å². The summed E-state index contributed by atoms with van der Waals surface area (Å²) < 4.78 is 16.5. The van der Waals surface area contributed by atoms with E-state index in [-0.39, 0.29) is 22.5 Å². The van der Waals surface area contributed by atoms with Crippen molar-refractivity contribution in [2.45, 2.75) is 38.7 Å². The van der Waals surface area contributed by atoms with Crippen LogP contribution in [0.25, 0.3) is 16.9 Å². The fourth-order valence-corrected chi connectivity index (χ4v) is 6.63. The predicted octanol–water partition coefficient (Wildman–Crippen LogP) is 4.71. The molecule has 2 aromatic carbocycles. The Morgan fingerprint density at radius 2 is 1.64 bits per heavy atom. The lowest BCUT2D eigenvalue weighted by Crippen LogP contribution is -2.60. The summed E-state index contributed by atoms with van der Waals surface area (Å²) in [4.78, 5) is 27.3. The van der Waals surface area contributed by atoms with Crippen LogP contribution in [0.3, 0.4) is 0 Å². The molecule has 0 aromatic heterocycles. The van der Waals surface area contributed by atoms with Gasteiger partial charge in [-0.05, 0) is 79.5 Å². The van der Waals surface area contributed by atoms with E-state index < -0.39 is 34.8 Å². The Hall–Kier alpha value is -4.04. The van der Waals surface area contributed by atoms with Crippen LogP contribution in [-0.4, -0.2) is 53.8 Å². The van der Waals surface area contributed by atoms with E-state index in [1.165, 1.54) is 27.4 Å². The zero-order valence-electron chi connectivity index (χ0n) is 22.7. The van der Waals surface area contributed by atoms with E-state index in [0.717, 1.165) is 5.57 Å². The van der Waals surface area contributed by atoms with Crippen molar-refractivity contribution in [3.05, 3.63) is 64.3 Å². The Morgan fingerprint density at radius 1 is 1.00 bits per heavy atom. The summed E-state index contributed by atoms with van der Waals surface area (Å²) in [6, 6.07) is 6.74. The molecule has 39 heavy (non-hydrogen) atoms. The minimum atomic E-state index is -2.28. The van der Waals surface area contributed by atoms with Gasteiger partial charge in [-0.25, -0.2) is 0 Å². The topological polar surface area (TPSA) is 123 Å². The predicted molar refractivity (Wildman–Crippen MR) is 145 cm³/mol. The highest BCUT2D eigenvalue weighted by Crippen LogP contribution is 2.53. The molecule has 0 spiro atoms. The average Bonchev–Trinajstić information content (AvgIpc) is 2.89. The van der Waals surface area contributed by atoms with Crippen molar-refractivity contribution in [1.82, 2.24) is 0 Å². The van der Waals surface area contributed by atoms with Gasteiger partial charge in [0, 0.05) is 17.1 Å². The molecule has 5 rings (SSSR count). The molecule has 3 aliphatic carbocycles. The number of carbonyl (C=O) groups excluding carboxylic acids is 2. The third-order valence-electron chi connectivity index (χ3n) is 8.35. The van der Waals surface area contributed by atoms with Crippen LogP contribution in [0.1, 0.15) is 37.8 Å². The van der Waals surface area contributed by atoms with Gasteiger partial charge in [-0.2, -0.15) is 0 Å². The maximum atomic E-state index is 13.9. The molecule has 8 heteroatoms. The summed E-state index contributed by atoms with van der Waals surface area (Å²) in [5.41, 5.74) is 1.42. The number of hydrogen-bond acceptors (Lipinski definition) is 8. The lowest BCUT2D eigenvalue weighted by molar-refractivity contribution is -0.157. The van der Waals surface area contributed by atoms with Crippen molar-refractivity contribution < 1.29 is 39.1 Å². The molecule has 0 radical (unpaired) electrons. The van der Waals surface area contributed by atoms with Crippen molar-refractivity contribution in [1.29, 1.82) is 0 Å². The number of methoxy groups -OCH3 is 3. The van der Waals surface area contributed by atoms with Crippen molar-refractivity contribution >= 4 is 17.3 Å². The highest BCUT2D eigenvalue weighted by Gasteiger charge is 2.60. The first kappa shape index (κ1) is 26.6. The molecular formula is C31H32O8. The lowest BCUT2D eigenvalue weighted by atomic mass is 9.57. The Kier molecular flexibility index (Phi) is 6.34. The summed E-state index contributed by atoms with van der Waals surface area (Å²) in [6.45, 7) is 7.36. The fraction of sp³-hybridized carbons (Fsp3) is 0.355. The number of phenols is 1. The minimum Gasteiger partial charge on any atom is -0.507 e. The summed E-state index contributed by atoms with van der Waals surface area (Å²) in [6.07, 6.45) is 1.00. The number of ketones is 2. The number of aliphatic hydroxyl groups is 2. The van der Waals surface area contributed by atoms with Gasteiger partial charge in [-0.3, -0.25) is 9.59 Å². The number of rotatable bonds is 5. The molecule has 0 unspecified atom stereocenters. The number of Topliss-reactive ketones (excluding diaryl/α,β-unsaturated/α-hetero) is 2. The normalized spacial score (nSPS) is 24.2. The first-order chi connectivity index (χ1) is 18.5. The van der Waals surface area contributed by atoms with Gasteiger partial charge in [-0.1, -0.05) is 18.2 Å². The Bertz CT molecular complexity index is 1490. The van der Waals surface area contributed by atoms with Crippen LogP contribution >= 0.6 is 0 Å². The van der Waals surface area contributed by atoms with E-state index in [4.69, 9.17) is 14.2 Å². The summed E-state index contributed by atoms with van der Waals surface area (Å²) >= 11 is 0. The molecule has 3 N–H and O–H groups in total. The molecule has 0 amide bonds. The molecule has 0 bridgehead atoms. The molecule has 1 fully saturated rings. The second kappa shape index (κ2) is 9.31. The van der Waals surface area contributed by atoms with Crippen LogP contribution in [0.5, 0.6) is 23.0 Å². The van der Waals surface area contributed by atoms with Crippen molar-refractivity contribution in [3.63, 3.8) is 0 Å². The van der Waals surface area contributed by atoms with Gasteiger partial charge in [0.05, 0.1) is 26.9 Å². The molecule has 3 atom stereocenters. The van der Waals surface area contributed by atoms with E-state index in [9.17, 15) is 24.9 Å². The second-order valence-corrected chi connectivity index (χ2v) is 10.6. The van der Waals surface area contributed by atoms with Crippen molar-refractivity contribution in [3.8, 4) is 34.1 Å². The molecular weight excluding hydrogens is 500 g/mol. The second-order valence-electron chi connectivity index (χ2n) is 10.6. The maximum absolute atomic E-state index is 13.9. The Morgan fingerprint density at radius 3 is 2.21 bits per heavy atom. The van der Waals surface area contributed by atoms with E-state index in [0.29, 0.717) is 58.8 Å². The van der Waals surface area contributed by atoms with Gasteiger partial charge >= 0.3 is 0 Å². The first-order valence-corrected chi connectivity index (χ1v) is 12.8. The monoisotopic (exact) mass is 532 g/mol. The van der Waals surface area contributed by atoms with E-state index in [1.807, 2.05) is 6.92 Å². The quantitative estimate of drug-likeness (QED) is 0.473. The number of ether oxygens (including phenoxy) is 3. The zero-order valence-corrected chi connectivity index (χ0v) is 22.7. The number of fused-ring (bicyclic) bond motifs is 3. The maximum Gasteiger partial charge on any atom is 0.203 e. The molecule has 0 heterocycles. The number of carbonyl (C=O) groups is 2. The zero-order chi connectivity index (χ0) is 28.4. The van der Waals surface area contributed by atoms with Gasteiger partial charge in [0.15, 0.2) is 17.1 Å². The SMILES string of the molecule is C=C(C)C1=C(C)C[C@@H]2C[C@@H]3Cc4c(-c5cc(OC)c(OC)c(OC)c5)ccc(O)c4C(O)=C3C(=O)[C@]2(O)C1=O. The van der Waals surface area contributed by atoms with Crippen molar-refractivity contribution in [2.24, 2.45) is 11.8 Å². The number of aromatic hydroxyl groups is 1. The van der Waals surface area contributed by atoms with Crippen LogP contribution in [-0.2, 0) is 16.0 Å². The number of benzene rings is 2. The van der Waals surface area contributed by atoms with Crippen molar-refractivity contribution in [2.75, 3.05) is 21.3 Å². The summed E-state index contributed by atoms with van der Waals surface area (Å²) in [7, 11) is 4.55. The number of phenolic OH excluding ortho intramolecular Hbond substituents is 1. The third kappa shape index (κ3) is 3.69. The highest BCUT2D eigenvalue weighted by molar-refractivity contribution is 6.26. The standard InChI is InChI=1S/C31H32O8/c1-14(2)24-15(3)9-18-10-17-11-20-19(16-12-22(37-4)28(39-6)23(13-16)38-5)7-8-21(32)26(20)27(33)25(17)30(35)31(18,36)29(24)34/h7-8,12-13,17-18,32-33,36H,1,9-11H2,2-6H3/t17-,18-,31-/m1/s1. The fourth-order valence-electron chi connectivity index (χ4n) is 6.63. The van der Waals surface area contributed by atoms with Gasteiger partial charge in [0.1, 0.15) is 11.5 Å². The minimum absolute atomic E-state index is 0.0208. The summed E-state index contributed by atoms with van der Waals surface area (Å²) in [5, 5.41) is 33.9. The van der Waals surface area contributed by atoms with Crippen LogP contribution < -0.4 is 14.2 Å². The number of hydrogen-bond donors (Lipinski definition) is 3. The number of allylic oxidation sites excluding steroid dienone is 2. The van der Waals surface area contributed by atoms with Crippen LogP contribution in [0.15, 0.2) is 53.1 Å². The molecule has 8 nitrogen and oxygen atoms in total. The van der Waals surface area contributed by atoms with E-state index in [2.05, 4.69) is 6.58 Å². The molecule has 3 aliphatic rings. The first-order valence-electron chi connectivity index (χ1n) is 12.8. The largest absolute Gasteiger partial charge is 0.507 e. The third-order valence-corrected chi connectivity index (χ3v) is 8.35. The Labute approximate surface area is 226 Å². The average molecular weight is 533 g/mol. The van der Waals surface area contributed by atoms with Gasteiger partial charge < -0.3 is 29.5 Å². The van der Waals surface area contributed by atoms with E-state index in [1.54, 1.807) is 25.1 Å². The van der Waals surface area contributed by atoms with Gasteiger partial charge in [0.25, 0.3) is 0 Å². The molecule has 2 aromatic rings. The molecule has 204 valence electrons. The molecule has 0 saturated heterocycles. The van der Waals surface area contributed by atoms with Crippen LogP contribution in [0.4, 0.5) is 0 Å². The highest BCUT2D eigenvalue weighted by atomic mass is 16.5.